The SMILES string of the molecule is CCc1ccc(Oc2ncnc(-n3nc(C)cc3C)c2[N+](=O)[O-])cc1. The molecule has 0 N–H and O–H groups in total. The average Bonchev–Trinajstić information content (AvgIpc) is 2.93. The number of hydrogen-bond donors (Lipinski definition) is 0. The normalized spacial score (nSPS) is 10.7. The highest BCUT2D eigenvalue weighted by Gasteiger charge is 2.27. The van der Waals surface area contributed by atoms with Crippen LogP contribution >= 0.6 is 0 Å². The monoisotopic (exact) mass is 339 g/mol. The molecular formula is C17H17N5O3. The van der Waals surface area contributed by atoms with Crippen molar-refractivity contribution >= 4 is 5.69 Å². The van der Waals surface area contributed by atoms with Gasteiger partial charge in [0.05, 0.1) is 10.6 Å². The maximum absolute atomic E-state index is 11.6. The van der Waals surface area contributed by atoms with E-state index < -0.39 is 4.92 Å². The van der Waals surface area contributed by atoms with E-state index in [1.807, 2.05) is 32.0 Å². The fraction of sp³-hybridized carbons (Fsp3) is 0.235. The molecule has 8 nitrogen and oxygen atoms in total. The predicted molar refractivity (Wildman–Crippen MR) is 91.2 cm³/mol. The molecule has 0 saturated carbocycles. The number of ether oxygens (including phenoxy) is 1. The highest BCUT2D eigenvalue weighted by Crippen LogP contribution is 2.33. The first-order valence-corrected chi connectivity index (χ1v) is 7.79. The molecule has 2 heterocycles. The van der Waals surface area contributed by atoms with Crippen molar-refractivity contribution in [3.63, 3.8) is 0 Å². The van der Waals surface area contributed by atoms with Gasteiger partial charge < -0.3 is 4.74 Å². The minimum atomic E-state index is -0.554. The van der Waals surface area contributed by atoms with Crippen LogP contribution in [0.1, 0.15) is 23.9 Å². The number of rotatable bonds is 5. The summed E-state index contributed by atoms with van der Waals surface area (Å²) in [5.74, 6) is 0.427. The van der Waals surface area contributed by atoms with E-state index >= 15 is 0 Å². The van der Waals surface area contributed by atoms with E-state index in [0.29, 0.717) is 5.75 Å². The van der Waals surface area contributed by atoms with Crippen molar-refractivity contribution in [3.8, 4) is 17.4 Å². The predicted octanol–water partition coefficient (Wildman–Crippen LogP) is 3.54. The first-order valence-electron chi connectivity index (χ1n) is 7.79. The lowest BCUT2D eigenvalue weighted by molar-refractivity contribution is -0.386. The lowest BCUT2D eigenvalue weighted by atomic mass is 10.2. The first-order chi connectivity index (χ1) is 12.0. The molecule has 1 aromatic carbocycles. The van der Waals surface area contributed by atoms with Crippen molar-refractivity contribution in [1.82, 2.24) is 19.7 Å². The van der Waals surface area contributed by atoms with Gasteiger partial charge in [-0.05, 0) is 44.0 Å². The van der Waals surface area contributed by atoms with E-state index in [1.54, 1.807) is 19.1 Å². The molecule has 0 saturated heterocycles. The third-order valence-corrected chi connectivity index (χ3v) is 3.71. The van der Waals surface area contributed by atoms with Crippen LogP contribution in [0.15, 0.2) is 36.7 Å². The summed E-state index contributed by atoms with van der Waals surface area (Å²) in [6, 6.07) is 9.14. The van der Waals surface area contributed by atoms with Crippen LogP contribution in [0.25, 0.3) is 5.82 Å². The Morgan fingerprint density at radius 3 is 2.48 bits per heavy atom. The molecule has 3 aromatic rings. The Labute approximate surface area is 144 Å². The van der Waals surface area contributed by atoms with Gasteiger partial charge in [-0.25, -0.2) is 9.67 Å². The number of aromatic nitrogens is 4. The number of hydrogen-bond acceptors (Lipinski definition) is 6. The summed E-state index contributed by atoms with van der Waals surface area (Å²) >= 11 is 0. The van der Waals surface area contributed by atoms with Crippen molar-refractivity contribution in [1.29, 1.82) is 0 Å². The van der Waals surface area contributed by atoms with Crippen LogP contribution in [-0.2, 0) is 6.42 Å². The molecule has 0 fully saturated rings. The second kappa shape index (κ2) is 6.68. The van der Waals surface area contributed by atoms with Crippen LogP contribution in [0.5, 0.6) is 11.6 Å². The standard InChI is InChI=1S/C17H17N5O3/c1-4-13-5-7-14(8-6-13)25-17-15(22(23)24)16(18-10-19-17)21-12(3)9-11(2)20-21/h5-10H,4H2,1-3H3. The topological polar surface area (TPSA) is 96.0 Å². The van der Waals surface area contributed by atoms with Gasteiger partial charge in [-0.15, -0.1) is 0 Å². The van der Waals surface area contributed by atoms with Crippen molar-refractivity contribution < 1.29 is 9.66 Å². The summed E-state index contributed by atoms with van der Waals surface area (Å²) in [5.41, 5.74) is 2.29. The Morgan fingerprint density at radius 1 is 1.20 bits per heavy atom. The van der Waals surface area contributed by atoms with Gasteiger partial charge in [-0.2, -0.15) is 10.1 Å². The fourth-order valence-corrected chi connectivity index (χ4v) is 2.49. The highest BCUT2D eigenvalue weighted by molar-refractivity contribution is 5.55. The van der Waals surface area contributed by atoms with Gasteiger partial charge in [0.15, 0.2) is 0 Å². The van der Waals surface area contributed by atoms with Gasteiger partial charge in [-0.1, -0.05) is 19.1 Å². The Bertz CT molecular complexity index is 919. The third-order valence-electron chi connectivity index (χ3n) is 3.71. The Kier molecular flexibility index (Phi) is 4.42. The van der Waals surface area contributed by atoms with Gasteiger partial charge in [0, 0.05) is 5.69 Å². The molecule has 25 heavy (non-hydrogen) atoms. The van der Waals surface area contributed by atoms with Crippen molar-refractivity contribution in [2.45, 2.75) is 27.2 Å². The highest BCUT2D eigenvalue weighted by atomic mass is 16.6. The van der Waals surface area contributed by atoms with Crippen LogP contribution in [0, 0.1) is 24.0 Å². The molecule has 2 aromatic heterocycles. The van der Waals surface area contributed by atoms with Crippen LogP contribution in [0.2, 0.25) is 0 Å². The molecule has 0 aliphatic carbocycles. The van der Waals surface area contributed by atoms with Crippen molar-refractivity contribution in [3.05, 3.63) is 63.7 Å². The van der Waals surface area contributed by atoms with Gasteiger partial charge >= 0.3 is 11.6 Å². The van der Waals surface area contributed by atoms with Crippen LogP contribution in [0.4, 0.5) is 5.69 Å². The largest absolute Gasteiger partial charge is 0.434 e. The molecule has 0 atom stereocenters. The summed E-state index contributed by atoms with van der Waals surface area (Å²) in [6.45, 7) is 5.66. The summed E-state index contributed by atoms with van der Waals surface area (Å²) in [4.78, 5) is 19.1. The summed E-state index contributed by atoms with van der Waals surface area (Å²) < 4.78 is 7.06. The lowest BCUT2D eigenvalue weighted by Crippen LogP contribution is -2.08. The second-order valence-electron chi connectivity index (χ2n) is 5.55. The quantitative estimate of drug-likeness (QED) is 0.521. The number of benzene rings is 1. The zero-order chi connectivity index (χ0) is 18.0. The summed E-state index contributed by atoms with van der Waals surface area (Å²) in [7, 11) is 0. The molecule has 3 rings (SSSR count). The van der Waals surface area contributed by atoms with E-state index in [0.717, 1.165) is 23.4 Å². The molecule has 8 heteroatoms. The molecule has 0 aliphatic rings. The summed E-state index contributed by atoms with van der Waals surface area (Å²) in [5, 5.41) is 15.9. The molecule has 0 unspecified atom stereocenters. The third kappa shape index (κ3) is 3.32. The van der Waals surface area contributed by atoms with E-state index in [2.05, 4.69) is 15.1 Å². The number of aryl methyl sites for hydroxylation is 3. The maximum Gasteiger partial charge on any atom is 0.375 e. The Hall–Kier alpha value is -3.29. The van der Waals surface area contributed by atoms with Gasteiger partial charge in [0.1, 0.15) is 12.1 Å². The molecule has 0 aliphatic heterocycles. The summed E-state index contributed by atoms with van der Waals surface area (Å²) in [6.07, 6.45) is 2.13. The molecule has 128 valence electrons. The fourth-order valence-electron chi connectivity index (χ4n) is 2.49. The van der Waals surface area contributed by atoms with E-state index in [4.69, 9.17) is 4.74 Å². The zero-order valence-corrected chi connectivity index (χ0v) is 14.1. The van der Waals surface area contributed by atoms with Gasteiger partial charge in [-0.3, -0.25) is 10.1 Å². The van der Waals surface area contributed by atoms with E-state index in [1.165, 1.54) is 11.0 Å². The Balaban J connectivity index is 2.06. The van der Waals surface area contributed by atoms with Crippen molar-refractivity contribution in [2.75, 3.05) is 0 Å². The lowest BCUT2D eigenvalue weighted by Gasteiger charge is -2.09. The van der Waals surface area contributed by atoms with E-state index in [9.17, 15) is 10.1 Å². The average molecular weight is 339 g/mol. The molecule has 0 spiro atoms. The van der Waals surface area contributed by atoms with Gasteiger partial charge in [0.2, 0.25) is 5.82 Å². The zero-order valence-electron chi connectivity index (χ0n) is 14.1. The van der Waals surface area contributed by atoms with Crippen LogP contribution in [0.3, 0.4) is 0 Å². The van der Waals surface area contributed by atoms with Crippen LogP contribution in [-0.4, -0.2) is 24.7 Å². The van der Waals surface area contributed by atoms with Gasteiger partial charge in [0.25, 0.3) is 0 Å². The number of nitro groups is 1. The minimum absolute atomic E-state index is 0.0748. The van der Waals surface area contributed by atoms with Crippen LogP contribution < -0.4 is 4.74 Å². The Morgan fingerprint density at radius 2 is 1.92 bits per heavy atom. The second-order valence-corrected chi connectivity index (χ2v) is 5.55. The van der Waals surface area contributed by atoms with E-state index in [-0.39, 0.29) is 17.4 Å². The molecule has 0 amide bonds. The first kappa shape index (κ1) is 16.6. The number of nitrogens with zero attached hydrogens (tertiary/aromatic N) is 5. The smallest absolute Gasteiger partial charge is 0.375 e. The molecule has 0 bridgehead atoms. The maximum atomic E-state index is 11.6. The minimum Gasteiger partial charge on any atom is -0.434 e. The molecular weight excluding hydrogens is 322 g/mol. The van der Waals surface area contributed by atoms with Crippen molar-refractivity contribution in [2.24, 2.45) is 0 Å². The molecule has 0 radical (unpaired) electrons.